The molecule has 0 fully saturated rings. The topological polar surface area (TPSA) is 30.2 Å². The normalized spacial score (nSPS) is 10.3. The summed E-state index contributed by atoms with van der Waals surface area (Å²) in [6.45, 7) is 0. The minimum atomic E-state index is 0. The molecular formula is C10H6IrN3-. The molecule has 1 radical (unpaired) electrons. The van der Waals surface area contributed by atoms with E-state index in [1.165, 1.54) is 0 Å². The van der Waals surface area contributed by atoms with Crippen LogP contribution in [0.2, 0.25) is 0 Å². The molecule has 3 heterocycles. The third kappa shape index (κ3) is 1.24. The molecule has 3 rings (SSSR count). The van der Waals surface area contributed by atoms with Crippen molar-refractivity contribution >= 4 is 16.4 Å². The number of aromatic nitrogens is 3. The molecule has 0 spiro atoms. The minimum Gasteiger partial charge on any atom is -0.360 e. The standard InChI is InChI=1S/C10H6N3.Ir/c1-3-11-7-9-8(1)2-5-13-6-4-12-10(9)13;/h1-6H;/q-1;. The van der Waals surface area contributed by atoms with Crippen LogP contribution in [-0.2, 0) is 20.1 Å². The fraction of sp³-hybridized carbons (Fsp3) is 0. The van der Waals surface area contributed by atoms with Gasteiger partial charge in [0.2, 0.25) is 0 Å². The first-order valence-electron chi connectivity index (χ1n) is 4.03. The van der Waals surface area contributed by atoms with Crippen molar-refractivity contribution in [2.75, 3.05) is 0 Å². The Hall–Kier alpha value is -1.25. The van der Waals surface area contributed by atoms with Gasteiger partial charge in [-0.25, -0.2) is 0 Å². The summed E-state index contributed by atoms with van der Waals surface area (Å²) in [4.78, 5) is 8.20. The zero-order chi connectivity index (χ0) is 8.67. The molecule has 14 heavy (non-hydrogen) atoms. The molecule has 0 N–H and O–H groups in total. The Morgan fingerprint density at radius 3 is 3.00 bits per heavy atom. The van der Waals surface area contributed by atoms with Crippen molar-refractivity contribution in [2.24, 2.45) is 0 Å². The van der Waals surface area contributed by atoms with E-state index in [-0.39, 0.29) is 20.1 Å². The molecule has 4 heteroatoms. The number of hydrogen-bond donors (Lipinski definition) is 0. The van der Waals surface area contributed by atoms with Crippen molar-refractivity contribution in [3.8, 4) is 0 Å². The minimum absolute atomic E-state index is 0. The molecule has 0 unspecified atom stereocenters. The van der Waals surface area contributed by atoms with Gasteiger partial charge >= 0.3 is 0 Å². The summed E-state index contributed by atoms with van der Waals surface area (Å²) < 4.78 is 1.96. The van der Waals surface area contributed by atoms with Gasteiger partial charge in [-0.05, 0) is 12.4 Å². The Balaban J connectivity index is 0.000000750. The van der Waals surface area contributed by atoms with Gasteiger partial charge in [-0.15, -0.1) is 11.5 Å². The summed E-state index contributed by atoms with van der Waals surface area (Å²) >= 11 is 0. The number of rotatable bonds is 0. The average molecular weight is 360 g/mol. The van der Waals surface area contributed by atoms with E-state index in [1.807, 2.05) is 28.9 Å². The van der Waals surface area contributed by atoms with Crippen LogP contribution in [0.3, 0.4) is 0 Å². The predicted octanol–water partition coefficient (Wildman–Crippen LogP) is 1.68. The van der Waals surface area contributed by atoms with Crippen molar-refractivity contribution < 1.29 is 20.1 Å². The van der Waals surface area contributed by atoms with Gasteiger partial charge in [-0.3, -0.25) is 4.98 Å². The zero-order valence-corrected chi connectivity index (χ0v) is 9.53. The smallest absolute Gasteiger partial charge is 0.0618 e. The maximum Gasteiger partial charge on any atom is 0.0618 e. The molecule has 0 aromatic carbocycles. The summed E-state index contributed by atoms with van der Waals surface area (Å²) in [7, 11) is 0. The van der Waals surface area contributed by atoms with E-state index in [0.29, 0.717) is 0 Å². The second-order valence-electron chi connectivity index (χ2n) is 2.86. The van der Waals surface area contributed by atoms with Crippen LogP contribution in [0, 0.1) is 6.20 Å². The molecule has 3 nitrogen and oxygen atoms in total. The first kappa shape index (κ1) is 9.31. The van der Waals surface area contributed by atoms with E-state index in [4.69, 9.17) is 0 Å². The van der Waals surface area contributed by atoms with Crippen LogP contribution >= 0.6 is 0 Å². The van der Waals surface area contributed by atoms with Crippen molar-refractivity contribution in [2.45, 2.75) is 0 Å². The third-order valence-corrected chi connectivity index (χ3v) is 2.10. The van der Waals surface area contributed by atoms with Crippen LogP contribution in [-0.4, -0.2) is 14.4 Å². The summed E-state index contributed by atoms with van der Waals surface area (Å²) in [6, 6.07) is 3.99. The Kier molecular flexibility index (Phi) is 2.31. The van der Waals surface area contributed by atoms with E-state index in [9.17, 15) is 0 Å². The summed E-state index contributed by atoms with van der Waals surface area (Å²) in [5.74, 6) is 0. The van der Waals surface area contributed by atoms with Crippen LogP contribution in [0.5, 0.6) is 0 Å². The molecule has 0 aliphatic rings. The molecule has 3 aromatic heterocycles. The second-order valence-corrected chi connectivity index (χ2v) is 2.86. The van der Waals surface area contributed by atoms with Gasteiger partial charge in [0.25, 0.3) is 0 Å². The quantitative estimate of drug-likeness (QED) is 0.571. The second kappa shape index (κ2) is 3.48. The number of hydrogen-bond acceptors (Lipinski definition) is 2. The van der Waals surface area contributed by atoms with Gasteiger partial charge in [0.1, 0.15) is 0 Å². The number of pyridine rings is 2. The molecule has 0 saturated heterocycles. The van der Waals surface area contributed by atoms with Crippen molar-refractivity contribution in [3.05, 3.63) is 43.1 Å². The fourth-order valence-corrected chi connectivity index (χ4v) is 1.47. The number of nitrogens with zero attached hydrogens (tertiary/aromatic N) is 3. The van der Waals surface area contributed by atoms with Gasteiger partial charge in [0.05, 0.1) is 5.65 Å². The van der Waals surface area contributed by atoms with Crippen LogP contribution in [0.15, 0.2) is 36.9 Å². The molecular weight excluding hydrogens is 354 g/mol. The summed E-state index contributed by atoms with van der Waals surface area (Å²) in [5, 5.41) is 2.09. The zero-order valence-electron chi connectivity index (χ0n) is 7.14. The van der Waals surface area contributed by atoms with Crippen molar-refractivity contribution in [1.29, 1.82) is 0 Å². The van der Waals surface area contributed by atoms with Crippen LogP contribution in [0.25, 0.3) is 16.4 Å². The van der Waals surface area contributed by atoms with Crippen LogP contribution in [0.1, 0.15) is 0 Å². The fourth-order valence-electron chi connectivity index (χ4n) is 1.47. The molecule has 71 valence electrons. The Labute approximate surface area is 94.1 Å². The average Bonchev–Trinajstić information content (AvgIpc) is 2.65. The summed E-state index contributed by atoms with van der Waals surface area (Å²) in [6.07, 6.45) is 10.4. The monoisotopic (exact) mass is 361 g/mol. The van der Waals surface area contributed by atoms with Crippen molar-refractivity contribution in [1.82, 2.24) is 14.4 Å². The van der Waals surface area contributed by atoms with Gasteiger partial charge in [-0.1, -0.05) is 17.6 Å². The van der Waals surface area contributed by atoms with Gasteiger partial charge in [0.15, 0.2) is 0 Å². The van der Waals surface area contributed by atoms with Crippen LogP contribution < -0.4 is 0 Å². The molecule has 0 aliphatic heterocycles. The first-order chi connectivity index (χ1) is 6.45. The maximum atomic E-state index is 4.24. The van der Waals surface area contributed by atoms with E-state index in [1.54, 1.807) is 12.4 Å². The van der Waals surface area contributed by atoms with Gasteiger partial charge < -0.3 is 9.38 Å². The van der Waals surface area contributed by atoms with Crippen LogP contribution in [0.4, 0.5) is 0 Å². The third-order valence-electron chi connectivity index (χ3n) is 2.10. The first-order valence-corrected chi connectivity index (χ1v) is 4.03. The Morgan fingerprint density at radius 1 is 1.14 bits per heavy atom. The molecule has 0 aliphatic carbocycles. The Bertz CT molecular complexity index is 573. The molecule has 3 aromatic rings. The SMILES string of the molecule is [Ir].[c-]1nccc2ccn3ccnc3c12. The van der Waals surface area contributed by atoms with E-state index in [2.05, 4.69) is 16.2 Å². The largest absolute Gasteiger partial charge is 0.360 e. The van der Waals surface area contributed by atoms with Gasteiger partial charge in [-0.2, -0.15) is 0 Å². The van der Waals surface area contributed by atoms with Gasteiger partial charge in [0, 0.05) is 32.5 Å². The summed E-state index contributed by atoms with van der Waals surface area (Å²) in [5.41, 5.74) is 0.908. The predicted molar refractivity (Wildman–Crippen MR) is 49.3 cm³/mol. The number of fused-ring (bicyclic) bond motifs is 3. The molecule has 0 amide bonds. The number of imidazole rings is 1. The van der Waals surface area contributed by atoms with Crippen molar-refractivity contribution in [3.63, 3.8) is 0 Å². The van der Waals surface area contributed by atoms with E-state index < -0.39 is 0 Å². The van der Waals surface area contributed by atoms with E-state index in [0.717, 1.165) is 16.4 Å². The molecule has 0 saturated carbocycles. The molecule has 0 bridgehead atoms. The Morgan fingerprint density at radius 2 is 2.07 bits per heavy atom. The maximum absolute atomic E-state index is 4.24. The van der Waals surface area contributed by atoms with E-state index >= 15 is 0 Å². The molecule has 0 atom stereocenters.